The molecule has 0 radical (unpaired) electrons. The van der Waals surface area contributed by atoms with Crippen LogP contribution < -0.4 is 5.32 Å². The van der Waals surface area contributed by atoms with Gasteiger partial charge in [-0.05, 0) is 18.9 Å². The van der Waals surface area contributed by atoms with Gasteiger partial charge >= 0.3 is 0 Å². The predicted molar refractivity (Wildman–Crippen MR) is 75.5 cm³/mol. The third-order valence-electron chi connectivity index (χ3n) is 2.97. The van der Waals surface area contributed by atoms with Gasteiger partial charge in [-0.1, -0.05) is 19.4 Å². The first-order valence-corrected chi connectivity index (χ1v) is 6.59. The number of aromatic nitrogens is 2. The zero-order valence-electron chi connectivity index (χ0n) is 11.9. The van der Waals surface area contributed by atoms with E-state index in [0.717, 1.165) is 26.2 Å². The first kappa shape index (κ1) is 14.9. The van der Waals surface area contributed by atoms with E-state index in [2.05, 4.69) is 41.7 Å². The van der Waals surface area contributed by atoms with Gasteiger partial charge in [0, 0.05) is 26.7 Å². The minimum atomic E-state index is 0.528. The van der Waals surface area contributed by atoms with E-state index in [0.29, 0.717) is 5.92 Å². The molecule has 0 atom stereocenters. The summed E-state index contributed by atoms with van der Waals surface area (Å²) in [4.78, 5) is 4.19. The molecule has 18 heavy (non-hydrogen) atoms. The fourth-order valence-electron chi connectivity index (χ4n) is 1.73. The maximum absolute atomic E-state index is 5.03. The van der Waals surface area contributed by atoms with Crippen molar-refractivity contribution in [2.75, 3.05) is 26.8 Å². The zero-order valence-corrected chi connectivity index (χ0v) is 11.9. The van der Waals surface area contributed by atoms with Crippen LogP contribution in [0.15, 0.2) is 18.1 Å². The molecule has 1 N–H and O–H groups in total. The maximum atomic E-state index is 5.03. The van der Waals surface area contributed by atoms with Crippen LogP contribution in [0.1, 0.15) is 26.5 Å². The van der Waals surface area contributed by atoms with Gasteiger partial charge in [0.25, 0.3) is 0 Å². The largest absolute Gasteiger partial charge is 0.383 e. The molecular formula is C14H25N3O. The van der Waals surface area contributed by atoms with E-state index in [1.54, 1.807) is 7.11 Å². The molecule has 1 aromatic heterocycles. The Hall–Kier alpha value is -1.13. The van der Waals surface area contributed by atoms with Crippen molar-refractivity contribution >= 4 is 6.08 Å². The Labute approximate surface area is 110 Å². The highest BCUT2D eigenvalue weighted by Gasteiger charge is 2.05. The number of nitrogens with zero attached hydrogens (tertiary/aromatic N) is 2. The number of imidazole rings is 1. The molecule has 0 amide bonds. The fraction of sp³-hybridized carbons (Fsp3) is 0.643. The van der Waals surface area contributed by atoms with Crippen molar-refractivity contribution in [1.29, 1.82) is 0 Å². The molecule has 1 rings (SSSR count). The summed E-state index contributed by atoms with van der Waals surface area (Å²) in [5.41, 5.74) is 2.57. The molecule has 0 fully saturated rings. The Morgan fingerprint density at radius 2 is 2.33 bits per heavy atom. The monoisotopic (exact) mass is 251 g/mol. The van der Waals surface area contributed by atoms with E-state index in [9.17, 15) is 0 Å². The standard InChI is InChI=1S/C14H25N3O/c1-5-17-11-16-10-14(17)8-13(12(2)3)9-15-6-7-18-4/h8,10-12,15H,5-7,9H2,1-4H3. The van der Waals surface area contributed by atoms with Gasteiger partial charge in [-0.15, -0.1) is 0 Å². The lowest BCUT2D eigenvalue weighted by Crippen LogP contribution is -2.23. The molecule has 1 aromatic rings. The molecule has 0 spiro atoms. The van der Waals surface area contributed by atoms with Gasteiger partial charge < -0.3 is 14.6 Å². The highest BCUT2D eigenvalue weighted by atomic mass is 16.5. The van der Waals surface area contributed by atoms with Crippen LogP contribution in [0, 0.1) is 5.92 Å². The van der Waals surface area contributed by atoms with Gasteiger partial charge in [-0.2, -0.15) is 0 Å². The molecule has 0 aliphatic heterocycles. The summed E-state index contributed by atoms with van der Waals surface area (Å²) in [6.45, 7) is 10.0. The zero-order chi connectivity index (χ0) is 13.4. The number of rotatable bonds is 8. The predicted octanol–water partition coefficient (Wildman–Crippen LogP) is 2.18. The van der Waals surface area contributed by atoms with Gasteiger partial charge in [0.05, 0.1) is 24.8 Å². The summed E-state index contributed by atoms with van der Waals surface area (Å²) >= 11 is 0. The summed E-state index contributed by atoms with van der Waals surface area (Å²) in [6.07, 6.45) is 6.03. The molecule has 0 bridgehead atoms. The molecule has 1 heterocycles. The average molecular weight is 251 g/mol. The van der Waals surface area contributed by atoms with Gasteiger partial charge in [0.15, 0.2) is 0 Å². The lowest BCUT2D eigenvalue weighted by Gasteiger charge is -2.13. The van der Waals surface area contributed by atoms with E-state index < -0.39 is 0 Å². The summed E-state index contributed by atoms with van der Waals surface area (Å²) in [6, 6.07) is 0. The number of ether oxygens (including phenoxy) is 1. The Balaban J connectivity index is 2.66. The Kier molecular flexibility index (Phi) is 6.68. The topological polar surface area (TPSA) is 39.1 Å². The van der Waals surface area contributed by atoms with E-state index in [4.69, 9.17) is 4.74 Å². The lowest BCUT2D eigenvalue weighted by atomic mass is 10.0. The number of hydrogen-bond donors (Lipinski definition) is 1. The van der Waals surface area contributed by atoms with Crippen molar-refractivity contribution in [3.63, 3.8) is 0 Å². The first-order chi connectivity index (χ1) is 8.69. The molecule has 102 valence electrons. The second kappa shape index (κ2) is 8.06. The third-order valence-corrected chi connectivity index (χ3v) is 2.97. The van der Waals surface area contributed by atoms with Crippen molar-refractivity contribution in [2.45, 2.75) is 27.3 Å². The van der Waals surface area contributed by atoms with Crippen LogP contribution >= 0.6 is 0 Å². The van der Waals surface area contributed by atoms with Crippen LogP contribution in [0.2, 0.25) is 0 Å². The average Bonchev–Trinajstić information content (AvgIpc) is 2.80. The number of nitrogens with one attached hydrogen (secondary N) is 1. The molecule has 4 nitrogen and oxygen atoms in total. The van der Waals surface area contributed by atoms with Crippen molar-refractivity contribution in [3.8, 4) is 0 Å². The van der Waals surface area contributed by atoms with Gasteiger partial charge in [0.1, 0.15) is 0 Å². The molecule has 0 aliphatic rings. The molecule has 0 unspecified atom stereocenters. The summed E-state index contributed by atoms with van der Waals surface area (Å²) in [5.74, 6) is 0.528. The Morgan fingerprint density at radius 3 is 2.94 bits per heavy atom. The second-order valence-electron chi connectivity index (χ2n) is 4.65. The van der Waals surface area contributed by atoms with Crippen LogP contribution in [-0.4, -0.2) is 36.4 Å². The van der Waals surface area contributed by atoms with Crippen molar-refractivity contribution in [1.82, 2.24) is 14.9 Å². The van der Waals surface area contributed by atoms with Crippen LogP contribution in [-0.2, 0) is 11.3 Å². The molecule has 0 aromatic carbocycles. The van der Waals surface area contributed by atoms with Gasteiger partial charge in [-0.3, -0.25) is 0 Å². The van der Waals surface area contributed by atoms with Crippen molar-refractivity contribution < 1.29 is 4.74 Å². The van der Waals surface area contributed by atoms with Crippen LogP contribution in [0.4, 0.5) is 0 Å². The minimum Gasteiger partial charge on any atom is -0.383 e. The molecule has 0 saturated heterocycles. The van der Waals surface area contributed by atoms with E-state index in [-0.39, 0.29) is 0 Å². The van der Waals surface area contributed by atoms with Crippen LogP contribution in [0.25, 0.3) is 6.08 Å². The van der Waals surface area contributed by atoms with E-state index in [1.807, 2.05) is 12.5 Å². The van der Waals surface area contributed by atoms with Crippen LogP contribution in [0.3, 0.4) is 0 Å². The Morgan fingerprint density at radius 1 is 1.56 bits per heavy atom. The SMILES string of the molecule is CCn1cncc1C=C(CNCCOC)C(C)C. The molecule has 0 aliphatic carbocycles. The first-order valence-electron chi connectivity index (χ1n) is 6.59. The number of aryl methyl sites for hydroxylation is 1. The number of hydrogen-bond acceptors (Lipinski definition) is 3. The highest BCUT2D eigenvalue weighted by molar-refractivity contribution is 5.49. The fourth-order valence-corrected chi connectivity index (χ4v) is 1.73. The summed E-state index contributed by atoms with van der Waals surface area (Å²) in [5, 5.41) is 3.39. The number of methoxy groups -OCH3 is 1. The third kappa shape index (κ3) is 4.63. The lowest BCUT2D eigenvalue weighted by molar-refractivity contribution is 0.200. The van der Waals surface area contributed by atoms with Gasteiger partial charge in [0.2, 0.25) is 0 Å². The quantitative estimate of drug-likeness (QED) is 0.720. The highest BCUT2D eigenvalue weighted by Crippen LogP contribution is 2.14. The normalized spacial score (nSPS) is 12.4. The molecular weight excluding hydrogens is 226 g/mol. The smallest absolute Gasteiger partial charge is 0.0950 e. The molecule has 0 saturated carbocycles. The molecule has 4 heteroatoms. The van der Waals surface area contributed by atoms with E-state index in [1.165, 1.54) is 11.3 Å². The van der Waals surface area contributed by atoms with Gasteiger partial charge in [-0.25, -0.2) is 4.98 Å². The summed E-state index contributed by atoms with van der Waals surface area (Å²) in [7, 11) is 1.72. The minimum absolute atomic E-state index is 0.528. The van der Waals surface area contributed by atoms with Crippen molar-refractivity contribution in [2.24, 2.45) is 5.92 Å². The summed E-state index contributed by atoms with van der Waals surface area (Å²) < 4.78 is 7.18. The van der Waals surface area contributed by atoms with E-state index >= 15 is 0 Å². The second-order valence-corrected chi connectivity index (χ2v) is 4.65. The van der Waals surface area contributed by atoms with Crippen molar-refractivity contribution in [3.05, 3.63) is 23.8 Å². The maximum Gasteiger partial charge on any atom is 0.0950 e. The van der Waals surface area contributed by atoms with Crippen LogP contribution in [0.5, 0.6) is 0 Å². The Bertz CT molecular complexity index is 369.